The summed E-state index contributed by atoms with van der Waals surface area (Å²) in [6.07, 6.45) is 0.629. The van der Waals surface area contributed by atoms with Gasteiger partial charge in [-0.15, -0.1) is 0 Å². The van der Waals surface area contributed by atoms with Crippen molar-refractivity contribution in [1.29, 1.82) is 0 Å². The molecule has 0 saturated heterocycles. The zero-order valence-corrected chi connectivity index (χ0v) is 25.9. The number of rotatable bonds is 14. The molecule has 41 heavy (non-hydrogen) atoms. The van der Waals surface area contributed by atoms with Crippen LogP contribution in [0.2, 0.25) is 10.0 Å². The largest absolute Gasteiger partial charge is 0.354 e. The number of sulfonamides is 1. The Morgan fingerprint density at radius 2 is 1.56 bits per heavy atom. The molecule has 1 atom stereocenters. The maximum Gasteiger partial charge on any atom is 0.243 e. The van der Waals surface area contributed by atoms with E-state index in [0.717, 1.165) is 5.56 Å². The summed E-state index contributed by atoms with van der Waals surface area (Å²) in [6.45, 7) is 4.71. The fraction of sp³-hybridized carbons (Fsp3) is 0.355. The fourth-order valence-corrected chi connectivity index (χ4v) is 6.00. The SMILES string of the molecule is CC(C)CNC(=O)C(Cc1ccccc1)N(Cc1ccc(Cl)cc1Cl)C(=O)CCCN(C)S(=O)(=O)c1ccccc1. The van der Waals surface area contributed by atoms with E-state index in [-0.39, 0.29) is 48.6 Å². The van der Waals surface area contributed by atoms with E-state index in [4.69, 9.17) is 23.2 Å². The lowest BCUT2D eigenvalue weighted by atomic mass is 10.0. The van der Waals surface area contributed by atoms with E-state index >= 15 is 0 Å². The maximum atomic E-state index is 13.8. The maximum absolute atomic E-state index is 13.8. The molecule has 0 spiro atoms. The minimum Gasteiger partial charge on any atom is -0.354 e. The van der Waals surface area contributed by atoms with Crippen LogP contribution in [-0.2, 0) is 32.6 Å². The van der Waals surface area contributed by atoms with E-state index in [2.05, 4.69) is 5.32 Å². The number of benzene rings is 3. The summed E-state index contributed by atoms with van der Waals surface area (Å²) in [5, 5.41) is 3.85. The Morgan fingerprint density at radius 3 is 2.17 bits per heavy atom. The summed E-state index contributed by atoms with van der Waals surface area (Å²) in [4.78, 5) is 29.1. The van der Waals surface area contributed by atoms with Gasteiger partial charge in [0.15, 0.2) is 0 Å². The highest BCUT2D eigenvalue weighted by molar-refractivity contribution is 7.89. The van der Waals surface area contributed by atoms with Gasteiger partial charge in [-0.25, -0.2) is 12.7 Å². The summed E-state index contributed by atoms with van der Waals surface area (Å²) in [5.41, 5.74) is 1.56. The molecule has 0 aliphatic rings. The van der Waals surface area contributed by atoms with Crippen LogP contribution in [0.3, 0.4) is 0 Å². The van der Waals surface area contributed by atoms with Crippen LogP contribution in [0.1, 0.15) is 37.8 Å². The third-order valence-electron chi connectivity index (χ3n) is 6.63. The van der Waals surface area contributed by atoms with Crippen molar-refractivity contribution in [3.05, 3.63) is 100 Å². The van der Waals surface area contributed by atoms with E-state index in [0.29, 0.717) is 28.6 Å². The standard InChI is InChI=1S/C31H37Cl2N3O4S/c1-23(2)21-34-31(38)29(19-24-11-6-4-7-12-24)36(22-25-16-17-26(32)20-28(25)33)30(37)15-10-18-35(3)41(39,40)27-13-8-5-9-14-27/h4-9,11-14,16-17,20,23,29H,10,15,18-19,21-22H2,1-3H3,(H,34,38). The van der Waals surface area contributed by atoms with Gasteiger partial charge in [0.25, 0.3) is 0 Å². The van der Waals surface area contributed by atoms with Gasteiger partial charge in [0.2, 0.25) is 21.8 Å². The Labute approximate surface area is 253 Å². The fourth-order valence-electron chi connectivity index (χ4n) is 4.30. The van der Waals surface area contributed by atoms with Crippen molar-refractivity contribution in [2.24, 2.45) is 5.92 Å². The van der Waals surface area contributed by atoms with Crippen LogP contribution < -0.4 is 5.32 Å². The van der Waals surface area contributed by atoms with Gasteiger partial charge in [0.1, 0.15) is 6.04 Å². The zero-order valence-electron chi connectivity index (χ0n) is 23.6. The highest BCUT2D eigenvalue weighted by Crippen LogP contribution is 2.25. The zero-order chi connectivity index (χ0) is 30.0. The van der Waals surface area contributed by atoms with Crippen molar-refractivity contribution in [3.8, 4) is 0 Å². The summed E-state index contributed by atoms with van der Waals surface area (Å²) < 4.78 is 27.1. The first kappa shape index (κ1) is 32.6. The Bertz CT molecular complexity index is 1400. The number of carbonyl (C=O) groups is 2. The molecule has 0 aliphatic heterocycles. The van der Waals surface area contributed by atoms with E-state index < -0.39 is 16.1 Å². The van der Waals surface area contributed by atoms with Crippen LogP contribution in [0.15, 0.2) is 83.8 Å². The first-order chi connectivity index (χ1) is 19.5. The molecule has 3 rings (SSSR count). The van der Waals surface area contributed by atoms with Crippen LogP contribution in [0.4, 0.5) is 0 Å². The Balaban J connectivity index is 1.85. The smallest absolute Gasteiger partial charge is 0.243 e. The molecule has 0 fully saturated rings. The lowest BCUT2D eigenvalue weighted by Crippen LogP contribution is -2.51. The normalized spacial score (nSPS) is 12.4. The minimum atomic E-state index is -3.69. The highest BCUT2D eigenvalue weighted by atomic mass is 35.5. The monoisotopic (exact) mass is 617 g/mol. The van der Waals surface area contributed by atoms with Gasteiger partial charge in [-0.2, -0.15) is 0 Å². The molecule has 3 aromatic carbocycles. The molecule has 0 radical (unpaired) electrons. The number of hydrogen-bond donors (Lipinski definition) is 1. The summed E-state index contributed by atoms with van der Waals surface area (Å²) in [5.74, 6) is -0.305. The second kappa shape index (κ2) is 15.4. The van der Waals surface area contributed by atoms with Crippen LogP contribution in [0.25, 0.3) is 0 Å². The van der Waals surface area contributed by atoms with E-state index in [9.17, 15) is 18.0 Å². The first-order valence-electron chi connectivity index (χ1n) is 13.6. The Kier molecular flexibility index (Phi) is 12.2. The van der Waals surface area contributed by atoms with Crippen LogP contribution in [0, 0.1) is 5.92 Å². The van der Waals surface area contributed by atoms with E-state index in [1.165, 1.54) is 11.4 Å². The lowest BCUT2D eigenvalue weighted by molar-refractivity contribution is -0.141. The van der Waals surface area contributed by atoms with Gasteiger partial charge in [0.05, 0.1) is 4.90 Å². The van der Waals surface area contributed by atoms with E-state index in [1.807, 2.05) is 44.2 Å². The molecule has 0 aromatic heterocycles. The molecule has 0 bridgehead atoms. The number of halogens is 2. The van der Waals surface area contributed by atoms with Gasteiger partial charge in [-0.3, -0.25) is 9.59 Å². The molecule has 7 nitrogen and oxygen atoms in total. The molecule has 1 N–H and O–H groups in total. The van der Waals surface area contributed by atoms with Crippen molar-refractivity contribution in [2.75, 3.05) is 20.1 Å². The van der Waals surface area contributed by atoms with Gasteiger partial charge in [-0.05, 0) is 47.7 Å². The van der Waals surface area contributed by atoms with E-state index in [1.54, 1.807) is 53.4 Å². The lowest BCUT2D eigenvalue weighted by Gasteiger charge is -2.32. The first-order valence-corrected chi connectivity index (χ1v) is 15.7. The molecule has 0 aliphatic carbocycles. The number of amides is 2. The molecular formula is C31H37Cl2N3O4S. The molecule has 0 heterocycles. The highest BCUT2D eigenvalue weighted by Gasteiger charge is 2.31. The topological polar surface area (TPSA) is 86.8 Å². The van der Waals surface area contributed by atoms with Gasteiger partial charge >= 0.3 is 0 Å². The number of hydrogen-bond acceptors (Lipinski definition) is 4. The molecule has 10 heteroatoms. The average Bonchev–Trinajstić information content (AvgIpc) is 2.95. The number of nitrogens with zero attached hydrogens (tertiary/aromatic N) is 2. The molecule has 220 valence electrons. The minimum absolute atomic E-state index is 0.0443. The van der Waals surface area contributed by atoms with Crippen molar-refractivity contribution in [1.82, 2.24) is 14.5 Å². The van der Waals surface area contributed by atoms with Crippen LogP contribution in [-0.4, -0.2) is 55.6 Å². The van der Waals surface area contributed by atoms with Crippen molar-refractivity contribution in [2.45, 2.75) is 50.6 Å². The van der Waals surface area contributed by atoms with Crippen molar-refractivity contribution in [3.63, 3.8) is 0 Å². The van der Waals surface area contributed by atoms with Crippen molar-refractivity contribution < 1.29 is 18.0 Å². The number of carbonyl (C=O) groups excluding carboxylic acids is 2. The molecule has 1 unspecified atom stereocenters. The summed E-state index contributed by atoms with van der Waals surface area (Å²) in [6, 6.07) is 21.9. The van der Waals surface area contributed by atoms with Crippen LogP contribution >= 0.6 is 23.2 Å². The predicted octanol–water partition coefficient (Wildman–Crippen LogP) is 5.81. The van der Waals surface area contributed by atoms with Crippen molar-refractivity contribution >= 4 is 45.0 Å². The number of nitrogens with one attached hydrogen (secondary N) is 1. The summed E-state index contributed by atoms with van der Waals surface area (Å²) in [7, 11) is -2.19. The third kappa shape index (κ3) is 9.57. The summed E-state index contributed by atoms with van der Waals surface area (Å²) >= 11 is 12.6. The molecular weight excluding hydrogens is 581 g/mol. The van der Waals surface area contributed by atoms with Crippen LogP contribution in [0.5, 0.6) is 0 Å². The van der Waals surface area contributed by atoms with Gasteiger partial charge in [0, 0.05) is 49.6 Å². The van der Waals surface area contributed by atoms with Gasteiger partial charge in [-0.1, -0.05) is 91.6 Å². The molecule has 3 aromatic rings. The second-order valence-electron chi connectivity index (χ2n) is 10.3. The molecule has 2 amide bonds. The second-order valence-corrected chi connectivity index (χ2v) is 13.2. The molecule has 0 saturated carbocycles. The Morgan fingerprint density at radius 1 is 0.927 bits per heavy atom. The predicted molar refractivity (Wildman–Crippen MR) is 164 cm³/mol. The quantitative estimate of drug-likeness (QED) is 0.247. The third-order valence-corrected chi connectivity index (χ3v) is 9.08. The average molecular weight is 619 g/mol. The Hall–Kier alpha value is -2.91. The van der Waals surface area contributed by atoms with Gasteiger partial charge < -0.3 is 10.2 Å².